The zero-order valence-electron chi connectivity index (χ0n) is 7.78. The van der Waals surface area contributed by atoms with Crippen LogP contribution in [0.25, 0.3) is 5.52 Å². The molecule has 0 N–H and O–H groups in total. The second-order valence-electron chi connectivity index (χ2n) is 2.35. The molecule has 12 heavy (non-hydrogen) atoms. The quantitative estimate of drug-likeness (QED) is 0.582. The molecule has 0 aliphatic carbocycles. The second-order valence-corrected chi connectivity index (χ2v) is 2.35. The molecule has 0 aliphatic rings. The second kappa shape index (κ2) is 3.90. The van der Waals surface area contributed by atoms with Gasteiger partial charge in [-0.15, -0.1) is 0 Å². The van der Waals surface area contributed by atoms with Crippen LogP contribution < -0.4 is 0 Å². The fourth-order valence-corrected chi connectivity index (χ4v) is 1.02. The molecule has 0 atom stereocenters. The van der Waals surface area contributed by atoms with Gasteiger partial charge in [-0.1, -0.05) is 13.8 Å². The molecular formula is C10H14N2. The van der Waals surface area contributed by atoms with Gasteiger partial charge < -0.3 is 0 Å². The van der Waals surface area contributed by atoms with Crippen LogP contribution in [0.1, 0.15) is 19.5 Å². The number of hydrogen-bond acceptors (Lipinski definition) is 1. The Hall–Kier alpha value is -1.31. The fourth-order valence-electron chi connectivity index (χ4n) is 1.02. The Morgan fingerprint density at radius 2 is 1.92 bits per heavy atom. The lowest BCUT2D eigenvalue weighted by atomic mass is 10.4. The monoisotopic (exact) mass is 162 g/mol. The SMILES string of the molecule is CC.Cc1ccc2cccn2n1. The van der Waals surface area contributed by atoms with Crippen molar-refractivity contribution >= 4 is 5.52 Å². The minimum atomic E-state index is 1.05. The normalized spacial score (nSPS) is 9.25. The van der Waals surface area contributed by atoms with Crippen LogP contribution in [0.5, 0.6) is 0 Å². The molecule has 0 fully saturated rings. The van der Waals surface area contributed by atoms with Gasteiger partial charge in [0, 0.05) is 6.20 Å². The average Bonchev–Trinajstić information content (AvgIpc) is 2.54. The third kappa shape index (κ3) is 1.64. The Morgan fingerprint density at radius 3 is 2.67 bits per heavy atom. The van der Waals surface area contributed by atoms with Gasteiger partial charge in [0.1, 0.15) is 0 Å². The smallest absolute Gasteiger partial charge is 0.0646 e. The maximum atomic E-state index is 4.25. The zero-order valence-corrected chi connectivity index (χ0v) is 7.78. The van der Waals surface area contributed by atoms with Crippen molar-refractivity contribution in [1.29, 1.82) is 0 Å². The Labute approximate surface area is 72.8 Å². The third-order valence-corrected chi connectivity index (χ3v) is 1.52. The van der Waals surface area contributed by atoms with Crippen molar-refractivity contribution < 1.29 is 0 Å². The van der Waals surface area contributed by atoms with Crippen LogP contribution in [0.2, 0.25) is 0 Å². The van der Waals surface area contributed by atoms with E-state index in [-0.39, 0.29) is 0 Å². The summed E-state index contributed by atoms with van der Waals surface area (Å²) in [7, 11) is 0. The highest BCUT2D eigenvalue weighted by molar-refractivity contribution is 5.45. The molecule has 2 heteroatoms. The van der Waals surface area contributed by atoms with Crippen molar-refractivity contribution in [2.75, 3.05) is 0 Å². The third-order valence-electron chi connectivity index (χ3n) is 1.52. The zero-order chi connectivity index (χ0) is 8.97. The van der Waals surface area contributed by atoms with Crippen molar-refractivity contribution in [3.63, 3.8) is 0 Å². The number of aryl methyl sites for hydroxylation is 1. The molecule has 0 aromatic carbocycles. The van der Waals surface area contributed by atoms with Gasteiger partial charge in [-0.2, -0.15) is 5.10 Å². The lowest BCUT2D eigenvalue weighted by molar-refractivity contribution is 0.905. The van der Waals surface area contributed by atoms with Crippen molar-refractivity contribution in [2.24, 2.45) is 0 Å². The molecule has 2 nitrogen and oxygen atoms in total. The predicted molar refractivity (Wildman–Crippen MR) is 51.3 cm³/mol. The summed E-state index contributed by atoms with van der Waals surface area (Å²) in [4.78, 5) is 0. The van der Waals surface area contributed by atoms with Crippen LogP contribution in [0.15, 0.2) is 30.5 Å². The molecule has 2 aromatic heterocycles. The molecule has 0 radical (unpaired) electrons. The molecule has 2 rings (SSSR count). The van der Waals surface area contributed by atoms with Crippen molar-refractivity contribution in [3.8, 4) is 0 Å². The van der Waals surface area contributed by atoms with Gasteiger partial charge >= 0.3 is 0 Å². The summed E-state index contributed by atoms with van der Waals surface area (Å²) in [6.45, 7) is 5.99. The summed E-state index contributed by atoms with van der Waals surface area (Å²) in [6, 6.07) is 8.09. The van der Waals surface area contributed by atoms with E-state index in [0.717, 1.165) is 11.2 Å². The van der Waals surface area contributed by atoms with Crippen LogP contribution in [-0.4, -0.2) is 9.61 Å². The molecule has 0 amide bonds. The Balaban J connectivity index is 0.000000336. The van der Waals surface area contributed by atoms with Crippen LogP contribution in [0.3, 0.4) is 0 Å². The Bertz CT molecular complexity index is 349. The standard InChI is InChI=1S/C8H8N2.C2H6/c1-7-4-5-8-3-2-6-10(8)9-7;1-2/h2-6H,1H3;1-2H3. The molecule has 0 aliphatic heterocycles. The predicted octanol–water partition coefficient (Wildman–Crippen LogP) is 2.67. The Kier molecular flexibility index (Phi) is 2.86. The van der Waals surface area contributed by atoms with Crippen molar-refractivity contribution in [2.45, 2.75) is 20.8 Å². The van der Waals surface area contributed by atoms with Gasteiger partial charge in [0.2, 0.25) is 0 Å². The van der Waals surface area contributed by atoms with E-state index in [4.69, 9.17) is 0 Å². The molecule has 2 aromatic rings. The van der Waals surface area contributed by atoms with Gasteiger partial charge in [-0.05, 0) is 31.2 Å². The van der Waals surface area contributed by atoms with E-state index in [9.17, 15) is 0 Å². The van der Waals surface area contributed by atoms with Crippen molar-refractivity contribution in [1.82, 2.24) is 9.61 Å². The van der Waals surface area contributed by atoms with Crippen molar-refractivity contribution in [3.05, 3.63) is 36.2 Å². The van der Waals surface area contributed by atoms with Gasteiger partial charge in [-0.3, -0.25) is 0 Å². The van der Waals surface area contributed by atoms with Crippen LogP contribution in [0, 0.1) is 6.92 Å². The van der Waals surface area contributed by atoms with E-state index in [1.165, 1.54) is 0 Å². The molecule has 2 heterocycles. The lowest BCUT2D eigenvalue weighted by Crippen LogP contribution is -1.90. The summed E-state index contributed by atoms with van der Waals surface area (Å²) >= 11 is 0. The average molecular weight is 162 g/mol. The first-order valence-corrected chi connectivity index (χ1v) is 4.27. The number of rotatable bonds is 0. The van der Waals surface area contributed by atoms with Gasteiger partial charge in [0.15, 0.2) is 0 Å². The molecule has 0 unspecified atom stereocenters. The van der Waals surface area contributed by atoms with E-state index in [1.54, 1.807) is 0 Å². The minimum absolute atomic E-state index is 1.05. The van der Waals surface area contributed by atoms with E-state index >= 15 is 0 Å². The van der Waals surface area contributed by atoms with E-state index in [2.05, 4.69) is 11.2 Å². The van der Waals surface area contributed by atoms with E-state index < -0.39 is 0 Å². The first kappa shape index (κ1) is 8.78. The van der Waals surface area contributed by atoms with E-state index in [1.807, 2.05) is 49.7 Å². The van der Waals surface area contributed by atoms with Gasteiger partial charge in [0.05, 0.1) is 11.2 Å². The molecule has 0 saturated heterocycles. The molecular weight excluding hydrogens is 148 g/mol. The Morgan fingerprint density at radius 1 is 1.17 bits per heavy atom. The molecule has 64 valence electrons. The highest BCUT2D eigenvalue weighted by Gasteiger charge is 1.90. The largest absolute Gasteiger partial charge is 0.241 e. The highest BCUT2D eigenvalue weighted by atomic mass is 15.2. The summed E-state index contributed by atoms with van der Waals surface area (Å²) in [6.07, 6.45) is 1.95. The lowest BCUT2D eigenvalue weighted by Gasteiger charge is -1.93. The molecule has 0 saturated carbocycles. The molecule has 0 bridgehead atoms. The maximum Gasteiger partial charge on any atom is 0.0646 e. The summed E-state index contributed by atoms with van der Waals surface area (Å²) < 4.78 is 1.87. The van der Waals surface area contributed by atoms with Crippen LogP contribution in [0.4, 0.5) is 0 Å². The first-order chi connectivity index (χ1) is 5.86. The number of nitrogens with zero attached hydrogens (tertiary/aromatic N) is 2. The van der Waals surface area contributed by atoms with Crippen LogP contribution in [-0.2, 0) is 0 Å². The highest BCUT2D eigenvalue weighted by Crippen LogP contribution is 2.01. The maximum absolute atomic E-state index is 4.25. The number of hydrogen-bond donors (Lipinski definition) is 0. The van der Waals surface area contributed by atoms with E-state index in [0.29, 0.717) is 0 Å². The summed E-state index contributed by atoms with van der Waals surface area (Å²) in [5.41, 5.74) is 2.19. The summed E-state index contributed by atoms with van der Waals surface area (Å²) in [5.74, 6) is 0. The first-order valence-electron chi connectivity index (χ1n) is 4.27. The fraction of sp³-hybridized carbons (Fsp3) is 0.300. The number of fused-ring (bicyclic) bond motifs is 1. The van der Waals surface area contributed by atoms with Gasteiger partial charge in [0.25, 0.3) is 0 Å². The van der Waals surface area contributed by atoms with Crippen LogP contribution >= 0.6 is 0 Å². The van der Waals surface area contributed by atoms with Gasteiger partial charge in [-0.25, -0.2) is 4.52 Å². The summed E-state index contributed by atoms with van der Waals surface area (Å²) in [5, 5.41) is 4.25. The molecule has 0 spiro atoms. The topological polar surface area (TPSA) is 17.3 Å². The minimum Gasteiger partial charge on any atom is -0.241 e. The number of aromatic nitrogens is 2.